The first-order valence-electron chi connectivity index (χ1n) is 11.7. The molecule has 2 heterocycles. The average Bonchev–Trinajstić information content (AvgIpc) is 3.50. The SMILES string of the molecule is CN=C(NCCCN1CCCC1C(=O)N(C)C)NC1CCN(C(=O)C2CCCC2)C1.I. The zero-order valence-corrected chi connectivity index (χ0v) is 21.8. The quantitative estimate of drug-likeness (QED) is 0.218. The van der Waals surface area contributed by atoms with Crippen molar-refractivity contribution in [2.24, 2.45) is 10.9 Å². The van der Waals surface area contributed by atoms with Crippen LogP contribution < -0.4 is 10.6 Å². The number of carbonyl (C=O) groups excluding carboxylic acids is 2. The largest absolute Gasteiger partial charge is 0.356 e. The zero-order valence-electron chi connectivity index (χ0n) is 19.4. The van der Waals surface area contributed by atoms with Crippen LogP contribution >= 0.6 is 24.0 Å². The first kappa shape index (κ1) is 26.2. The molecule has 2 unspecified atom stereocenters. The van der Waals surface area contributed by atoms with Crippen molar-refractivity contribution in [1.29, 1.82) is 0 Å². The number of aliphatic imine (C=N–C) groups is 1. The van der Waals surface area contributed by atoms with Crippen LogP contribution in [0.2, 0.25) is 0 Å². The maximum atomic E-state index is 12.6. The lowest BCUT2D eigenvalue weighted by Crippen LogP contribution is -2.46. The van der Waals surface area contributed by atoms with Crippen LogP contribution in [0, 0.1) is 5.92 Å². The maximum absolute atomic E-state index is 12.6. The number of carbonyl (C=O) groups is 2. The van der Waals surface area contributed by atoms with Gasteiger partial charge in [-0.15, -0.1) is 24.0 Å². The molecule has 2 saturated heterocycles. The normalized spacial score (nSPS) is 24.9. The molecule has 3 fully saturated rings. The second-order valence-electron chi connectivity index (χ2n) is 9.17. The first-order valence-corrected chi connectivity index (χ1v) is 11.7. The lowest BCUT2D eigenvalue weighted by molar-refractivity contribution is -0.134. The van der Waals surface area contributed by atoms with E-state index in [1.807, 2.05) is 19.0 Å². The van der Waals surface area contributed by atoms with Crippen LogP contribution in [0.3, 0.4) is 0 Å². The van der Waals surface area contributed by atoms with Crippen molar-refractivity contribution >= 4 is 41.8 Å². The van der Waals surface area contributed by atoms with Gasteiger partial charge < -0.3 is 20.4 Å². The number of hydrogen-bond donors (Lipinski definition) is 2. The van der Waals surface area contributed by atoms with Crippen LogP contribution in [0.1, 0.15) is 51.4 Å². The molecule has 0 aromatic carbocycles. The number of likely N-dealkylation sites (N-methyl/N-ethyl adjacent to an activating group) is 1. The number of likely N-dealkylation sites (tertiary alicyclic amines) is 2. The number of hydrogen-bond acceptors (Lipinski definition) is 4. The number of rotatable bonds is 7. The minimum Gasteiger partial charge on any atom is -0.356 e. The Labute approximate surface area is 204 Å². The highest BCUT2D eigenvalue weighted by Crippen LogP contribution is 2.27. The van der Waals surface area contributed by atoms with E-state index in [1.165, 1.54) is 12.8 Å². The minimum atomic E-state index is 0. The summed E-state index contributed by atoms with van der Waals surface area (Å²) in [6.07, 6.45) is 8.53. The summed E-state index contributed by atoms with van der Waals surface area (Å²) >= 11 is 0. The van der Waals surface area contributed by atoms with E-state index >= 15 is 0 Å². The average molecular weight is 549 g/mol. The first-order chi connectivity index (χ1) is 14.5. The Morgan fingerprint density at radius 1 is 1.06 bits per heavy atom. The molecule has 0 radical (unpaired) electrons. The Morgan fingerprint density at radius 2 is 1.81 bits per heavy atom. The van der Waals surface area contributed by atoms with Crippen molar-refractivity contribution in [3.63, 3.8) is 0 Å². The van der Waals surface area contributed by atoms with E-state index in [0.29, 0.717) is 5.91 Å². The van der Waals surface area contributed by atoms with Crippen LogP contribution in [0.5, 0.6) is 0 Å². The van der Waals surface area contributed by atoms with E-state index < -0.39 is 0 Å². The predicted molar refractivity (Wildman–Crippen MR) is 135 cm³/mol. The summed E-state index contributed by atoms with van der Waals surface area (Å²) in [6.45, 7) is 4.36. The molecule has 3 aliphatic rings. The minimum absolute atomic E-state index is 0. The second kappa shape index (κ2) is 12.8. The van der Waals surface area contributed by atoms with Crippen molar-refractivity contribution < 1.29 is 9.59 Å². The number of nitrogens with one attached hydrogen (secondary N) is 2. The zero-order chi connectivity index (χ0) is 21.5. The van der Waals surface area contributed by atoms with Gasteiger partial charge in [0.05, 0.1) is 6.04 Å². The van der Waals surface area contributed by atoms with Gasteiger partial charge in [-0.3, -0.25) is 19.5 Å². The summed E-state index contributed by atoms with van der Waals surface area (Å²) in [6, 6.07) is 0.307. The van der Waals surface area contributed by atoms with E-state index in [0.717, 1.165) is 77.2 Å². The summed E-state index contributed by atoms with van der Waals surface area (Å²) in [5.74, 6) is 1.63. The monoisotopic (exact) mass is 548 g/mol. The summed E-state index contributed by atoms with van der Waals surface area (Å²) < 4.78 is 0. The van der Waals surface area contributed by atoms with Crippen molar-refractivity contribution in [3.05, 3.63) is 0 Å². The van der Waals surface area contributed by atoms with Gasteiger partial charge in [0.25, 0.3) is 0 Å². The van der Waals surface area contributed by atoms with Gasteiger partial charge in [-0.1, -0.05) is 12.8 Å². The number of guanidine groups is 1. The molecule has 8 nitrogen and oxygen atoms in total. The number of halogens is 1. The fraction of sp³-hybridized carbons (Fsp3) is 0.864. The third-order valence-corrected chi connectivity index (χ3v) is 6.77. The molecule has 2 aliphatic heterocycles. The predicted octanol–water partition coefficient (Wildman–Crippen LogP) is 1.50. The second-order valence-corrected chi connectivity index (χ2v) is 9.17. The molecule has 2 N–H and O–H groups in total. The van der Waals surface area contributed by atoms with Crippen molar-refractivity contribution in [1.82, 2.24) is 25.3 Å². The molecule has 2 atom stereocenters. The summed E-state index contributed by atoms with van der Waals surface area (Å²) in [7, 11) is 5.46. The Kier molecular flexibility index (Phi) is 10.8. The van der Waals surface area contributed by atoms with Gasteiger partial charge in [0, 0.05) is 59.3 Å². The fourth-order valence-corrected chi connectivity index (χ4v) is 5.06. The van der Waals surface area contributed by atoms with Crippen LogP contribution in [0.25, 0.3) is 0 Å². The van der Waals surface area contributed by atoms with Crippen LogP contribution in [0.15, 0.2) is 4.99 Å². The fourth-order valence-electron chi connectivity index (χ4n) is 5.06. The lowest BCUT2D eigenvalue weighted by atomic mass is 10.1. The van der Waals surface area contributed by atoms with Crippen molar-refractivity contribution in [3.8, 4) is 0 Å². The molecule has 9 heteroatoms. The molecule has 1 aliphatic carbocycles. The molecular formula is C22H41IN6O2. The topological polar surface area (TPSA) is 80.3 Å². The Bertz CT molecular complexity index is 623. The van der Waals surface area contributed by atoms with Gasteiger partial charge in [0.1, 0.15) is 0 Å². The van der Waals surface area contributed by atoms with Crippen molar-refractivity contribution in [2.45, 2.75) is 63.5 Å². The van der Waals surface area contributed by atoms with Crippen LogP contribution in [-0.2, 0) is 9.59 Å². The van der Waals surface area contributed by atoms with E-state index in [-0.39, 0.29) is 47.9 Å². The van der Waals surface area contributed by atoms with Gasteiger partial charge in [0.2, 0.25) is 11.8 Å². The summed E-state index contributed by atoms with van der Waals surface area (Å²) in [5.41, 5.74) is 0. The van der Waals surface area contributed by atoms with E-state index in [1.54, 1.807) is 11.9 Å². The van der Waals surface area contributed by atoms with Crippen molar-refractivity contribution in [2.75, 3.05) is 53.9 Å². The standard InChI is InChI=1S/C22H40N6O2.HI/c1-23-22(24-12-7-14-27-13-6-10-19(27)21(30)26(2)3)25-18-11-15-28(16-18)20(29)17-8-4-5-9-17;/h17-19H,4-16H2,1-3H3,(H2,23,24,25);1H. The lowest BCUT2D eigenvalue weighted by Gasteiger charge is -2.26. The van der Waals surface area contributed by atoms with Gasteiger partial charge in [-0.25, -0.2) is 0 Å². The molecule has 178 valence electrons. The highest BCUT2D eigenvalue weighted by atomic mass is 127. The Morgan fingerprint density at radius 3 is 2.48 bits per heavy atom. The molecule has 0 spiro atoms. The van der Waals surface area contributed by atoms with Gasteiger partial charge in [-0.2, -0.15) is 0 Å². The molecular weight excluding hydrogens is 507 g/mol. The number of nitrogens with zero attached hydrogens (tertiary/aromatic N) is 4. The maximum Gasteiger partial charge on any atom is 0.239 e. The van der Waals surface area contributed by atoms with Gasteiger partial charge in [0.15, 0.2) is 5.96 Å². The highest BCUT2D eigenvalue weighted by Gasteiger charge is 2.33. The highest BCUT2D eigenvalue weighted by molar-refractivity contribution is 14.0. The Hall–Kier alpha value is -1.10. The molecule has 1 saturated carbocycles. The molecule has 31 heavy (non-hydrogen) atoms. The number of amides is 2. The van der Waals surface area contributed by atoms with Crippen LogP contribution in [-0.4, -0.2) is 98.4 Å². The Balaban J connectivity index is 0.00000341. The summed E-state index contributed by atoms with van der Waals surface area (Å²) in [5, 5.41) is 6.88. The van der Waals surface area contributed by atoms with E-state index in [9.17, 15) is 9.59 Å². The smallest absolute Gasteiger partial charge is 0.239 e. The summed E-state index contributed by atoms with van der Waals surface area (Å²) in [4.78, 5) is 35.3. The molecule has 0 aromatic heterocycles. The van der Waals surface area contributed by atoms with E-state index in [2.05, 4.69) is 20.5 Å². The third-order valence-electron chi connectivity index (χ3n) is 6.77. The molecule has 0 aromatic rings. The third kappa shape index (κ3) is 7.20. The van der Waals surface area contributed by atoms with Gasteiger partial charge >= 0.3 is 0 Å². The van der Waals surface area contributed by atoms with Gasteiger partial charge in [-0.05, 0) is 45.1 Å². The van der Waals surface area contributed by atoms with E-state index in [4.69, 9.17) is 0 Å². The molecule has 3 rings (SSSR count). The van der Waals surface area contributed by atoms with Crippen LogP contribution in [0.4, 0.5) is 0 Å². The molecule has 2 amide bonds. The molecule has 0 bridgehead atoms.